The Morgan fingerprint density at radius 1 is 1.16 bits per heavy atom. The number of fused-ring (bicyclic) bond motifs is 1. The van der Waals surface area contributed by atoms with Gasteiger partial charge in [-0.3, -0.25) is 9.59 Å². The molecule has 3 nitrogen and oxygen atoms in total. The largest absolute Gasteiger partial charge is 0.342 e. The maximum Gasteiger partial charge on any atom is 0.226 e. The Morgan fingerprint density at radius 3 is 2.58 bits per heavy atom. The normalized spacial score (nSPS) is 22.5. The van der Waals surface area contributed by atoms with Crippen LogP contribution in [0.3, 0.4) is 0 Å². The van der Waals surface area contributed by atoms with Gasteiger partial charge in [-0.1, -0.05) is 22.0 Å². The summed E-state index contributed by atoms with van der Waals surface area (Å²) >= 11 is 3.47. The molecule has 1 aromatic rings. The molecule has 1 aromatic carbocycles. The van der Waals surface area contributed by atoms with Gasteiger partial charge in [-0.05, 0) is 36.1 Å². The fourth-order valence-corrected chi connectivity index (χ4v) is 3.40. The van der Waals surface area contributed by atoms with Crippen LogP contribution in [0.4, 0.5) is 0 Å². The molecule has 1 unspecified atom stereocenters. The Morgan fingerprint density at radius 2 is 1.84 bits per heavy atom. The van der Waals surface area contributed by atoms with Gasteiger partial charge in [0.15, 0.2) is 0 Å². The van der Waals surface area contributed by atoms with Crippen molar-refractivity contribution in [3.63, 3.8) is 0 Å². The van der Waals surface area contributed by atoms with Crippen molar-refractivity contribution in [3.05, 3.63) is 33.8 Å². The second-order valence-corrected chi connectivity index (χ2v) is 6.30. The second-order valence-electron chi connectivity index (χ2n) is 5.38. The van der Waals surface area contributed by atoms with Gasteiger partial charge < -0.3 is 4.90 Å². The summed E-state index contributed by atoms with van der Waals surface area (Å²) in [6, 6.07) is 6.25. The van der Waals surface area contributed by atoms with Crippen LogP contribution in [0, 0.1) is 5.92 Å². The minimum atomic E-state index is 0.0671. The van der Waals surface area contributed by atoms with Crippen molar-refractivity contribution in [1.29, 1.82) is 0 Å². The van der Waals surface area contributed by atoms with E-state index in [1.807, 2.05) is 11.0 Å². The molecule has 1 amide bonds. The Labute approximate surface area is 121 Å². The minimum Gasteiger partial charge on any atom is -0.342 e. The average Bonchev–Trinajstić information content (AvgIpc) is 2.81. The first kappa shape index (κ1) is 12.9. The van der Waals surface area contributed by atoms with Crippen molar-refractivity contribution in [2.24, 2.45) is 5.92 Å². The van der Waals surface area contributed by atoms with Crippen LogP contribution >= 0.6 is 15.9 Å². The summed E-state index contributed by atoms with van der Waals surface area (Å²) in [6.45, 7) is 1.21. The SMILES string of the molecule is O=C1CCN(C(=O)C2Cc3ccc(Br)cc3C2)CC1. The van der Waals surface area contributed by atoms with Crippen molar-refractivity contribution in [2.45, 2.75) is 25.7 Å². The molecule has 1 saturated heterocycles. The van der Waals surface area contributed by atoms with Gasteiger partial charge in [0.2, 0.25) is 5.91 Å². The summed E-state index contributed by atoms with van der Waals surface area (Å²) in [7, 11) is 0. The fourth-order valence-electron chi connectivity index (χ4n) is 3.00. The number of rotatable bonds is 1. The van der Waals surface area contributed by atoms with Gasteiger partial charge in [0.1, 0.15) is 5.78 Å². The molecule has 0 aromatic heterocycles. The van der Waals surface area contributed by atoms with Crippen LogP contribution in [0.5, 0.6) is 0 Å². The molecule has 2 aliphatic rings. The molecule has 0 saturated carbocycles. The lowest BCUT2D eigenvalue weighted by molar-refractivity contribution is -0.138. The molecule has 3 rings (SSSR count). The van der Waals surface area contributed by atoms with Crippen LogP contribution in [0.1, 0.15) is 24.0 Å². The van der Waals surface area contributed by atoms with Crippen molar-refractivity contribution in [1.82, 2.24) is 4.90 Å². The number of hydrogen-bond donors (Lipinski definition) is 0. The molecule has 1 aliphatic heterocycles. The molecule has 1 atom stereocenters. The lowest BCUT2D eigenvalue weighted by Crippen LogP contribution is -2.42. The van der Waals surface area contributed by atoms with E-state index in [1.165, 1.54) is 11.1 Å². The number of halogens is 1. The van der Waals surface area contributed by atoms with Crippen LogP contribution in [-0.2, 0) is 22.4 Å². The van der Waals surface area contributed by atoms with Gasteiger partial charge in [0, 0.05) is 36.3 Å². The maximum absolute atomic E-state index is 12.5. The third kappa shape index (κ3) is 2.59. The fraction of sp³-hybridized carbons (Fsp3) is 0.467. The molecule has 0 radical (unpaired) electrons. The number of Topliss-reactive ketones (excluding diaryl/α,β-unsaturated/α-hetero) is 1. The molecule has 1 aliphatic carbocycles. The van der Waals surface area contributed by atoms with Crippen LogP contribution in [0.15, 0.2) is 22.7 Å². The monoisotopic (exact) mass is 321 g/mol. The number of benzene rings is 1. The molecule has 0 N–H and O–H groups in total. The molecule has 1 heterocycles. The summed E-state index contributed by atoms with van der Waals surface area (Å²) in [6.07, 6.45) is 2.72. The Bertz CT molecular complexity index is 531. The van der Waals surface area contributed by atoms with Crippen LogP contribution < -0.4 is 0 Å². The number of piperidine rings is 1. The molecule has 0 spiro atoms. The zero-order chi connectivity index (χ0) is 13.4. The van der Waals surface area contributed by atoms with Gasteiger partial charge in [-0.2, -0.15) is 0 Å². The van der Waals surface area contributed by atoms with E-state index in [1.54, 1.807) is 0 Å². The van der Waals surface area contributed by atoms with E-state index in [2.05, 4.69) is 28.1 Å². The number of amides is 1. The summed E-state index contributed by atoms with van der Waals surface area (Å²) < 4.78 is 1.07. The first-order chi connectivity index (χ1) is 9.13. The number of carbonyl (C=O) groups excluding carboxylic acids is 2. The molecular formula is C15H16BrNO2. The molecule has 0 bridgehead atoms. The number of hydrogen-bond acceptors (Lipinski definition) is 2. The van der Waals surface area contributed by atoms with E-state index in [9.17, 15) is 9.59 Å². The van der Waals surface area contributed by atoms with Crippen molar-refractivity contribution >= 4 is 27.6 Å². The summed E-state index contributed by atoms with van der Waals surface area (Å²) in [5.74, 6) is 0.569. The zero-order valence-corrected chi connectivity index (χ0v) is 12.3. The average molecular weight is 322 g/mol. The number of ketones is 1. The Kier molecular flexibility index (Phi) is 3.44. The van der Waals surface area contributed by atoms with Crippen LogP contribution in [0.25, 0.3) is 0 Å². The summed E-state index contributed by atoms with van der Waals surface area (Å²) in [5, 5.41) is 0. The highest BCUT2D eigenvalue weighted by Crippen LogP contribution is 2.30. The van der Waals surface area contributed by atoms with Gasteiger partial charge in [0.25, 0.3) is 0 Å². The van der Waals surface area contributed by atoms with Crippen LogP contribution in [-0.4, -0.2) is 29.7 Å². The predicted octanol–water partition coefficient (Wildman–Crippen LogP) is 2.36. The maximum atomic E-state index is 12.5. The van der Waals surface area contributed by atoms with Gasteiger partial charge in [-0.15, -0.1) is 0 Å². The predicted molar refractivity (Wildman–Crippen MR) is 75.9 cm³/mol. The van der Waals surface area contributed by atoms with Crippen molar-refractivity contribution in [3.8, 4) is 0 Å². The molecular weight excluding hydrogens is 306 g/mol. The number of likely N-dealkylation sites (tertiary alicyclic amines) is 1. The molecule has 100 valence electrons. The van der Waals surface area contributed by atoms with E-state index >= 15 is 0 Å². The molecule has 1 fully saturated rings. The lowest BCUT2D eigenvalue weighted by Gasteiger charge is -2.28. The summed E-state index contributed by atoms with van der Waals surface area (Å²) in [5.41, 5.74) is 2.57. The second kappa shape index (κ2) is 5.08. The van der Waals surface area contributed by atoms with E-state index in [4.69, 9.17) is 0 Å². The minimum absolute atomic E-state index is 0.0671. The van der Waals surface area contributed by atoms with Gasteiger partial charge in [0.05, 0.1) is 0 Å². The van der Waals surface area contributed by atoms with Gasteiger partial charge >= 0.3 is 0 Å². The Hall–Kier alpha value is -1.16. The smallest absolute Gasteiger partial charge is 0.226 e. The van der Waals surface area contributed by atoms with E-state index < -0.39 is 0 Å². The quantitative estimate of drug-likeness (QED) is 0.796. The van der Waals surface area contributed by atoms with E-state index in [0.717, 1.165) is 17.3 Å². The first-order valence-electron chi connectivity index (χ1n) is 6.71. The summed E-state index contributed by atoms with van der Waals surface area (Å²) in [4.78, 5) is 25.6. The van der Waals surface area contributed by atoms with Crippen molar-refractivity contribution < 1.29 is 9.59 Å². The van der Waals surface area contributed by atoms with Crippen molar-refractivity contribution in [2.75, 3.05) is 13.1 Å². The third-order valence-corrected chi connectivity index (χ3v) is 4.58. The molecule has 19 heavy (non-hydrogen) atoms. The highest BCUT2D eigenvalue weighted by molar-refractivity contribution is 9.10. The zero-order valence-electron chi connectivity index (χ0n) is 10.7. The Balaban J connectivity index is 1.69. The highest BCUT2D eigenvalue weighted by Gasteiger charge is 2.32. The molecule has 4 heteroatoms. The first-order valence-corrected chi connectivity index (χ1v) is 7.50. The van der Waals surface area contributed by atoms with E-state index in [0.29, 0.717) is 25.9 Å². The number of carbonyl (C=O) groups is 2. The standard InChI is InChI=1S/C15H16BrNO2/c16-13-2-1-10-7-12(8-11(10)9-13)15(19)17-5-3-14(18)4-6-17/h1-2,9,12H,3-8H2. The highest BCUT2D eigenvalue weighted by atomic mass is 79.9. The van der Waals surface area contributed by atoms with E-state index in [-0.39, 0.29) is 17.6 Å². The van der Waals surface area contributed by atoms with Gasteiger partial charge in [-0.25, -0.2) is 0 Å². The van der Waals surface area contributed by atoms with Crippen LogP contribution in [0.2, 0.25) is 0 Å². The third-order valence-electron chi connectivity index (χ3n) is 4.08. The lowest BCUT2D eigenvalue weighted by atomic mass is 10.0. The number of nitrogens with zero attached hydrogens (tertiary/aromatic N) is 1. The topological polar surface area (TPSA) is 37.4 Å².